The largest absolute Gasteiger partial charge is 0.481 e. The van der Waals surface area contributed by atoms with Gasteiger partial charge >= 0.3 is 5.97 Å². The van der Waals surface area contributed by atoms with Gasteiger partial charge in [0.05, 0.1) is 12.5 Å². The predicted molar refractivity (Wildman–Crippen MR) is 85.3 cm³/mol. The molecule has 0 atom stereocenters. The van der Waals surface area contributed by atoms with Crippen molar-refractivity contribution in [3.8, 4) is 0 Å². The quantitative estimate of drug-likeness (QED) is 0.763. The Hall–Kier alpha value is -2.08. The number of rotatable bonds is 5. The Labute approximate surface area is 139 Å². The standard InChI is InChI=1S/C16H19ClN2O4/c17-12-3-1-2-11(8-12)15(21)18-9-14(20)19-13-6-4-10(5-7-13)16(22)23/h1-3,8,10,13H,4-7,9H2,(H,18,21)(H,19,20)(H,22,23). The van der Waals surface area contributed by atoms with E-state index >= 15 is 0 Å². The van der Waals surface area contributed by atoms with Crippen molar-refractivity contribution in [1.29, 1.82) is 0 Å². The molecule has 0 unspecified atom stereocenters. The number of benzene rings is 1. The van der Waals surface area contributed by atoms with Gasteiger partial charge in [0.2, 0.25) is 5.91 Å². The molecule has 0 spiro atoms. The van der Waals surface area contributed by atoms with E-state index in [9.17, 15) is 14.4 Å². The minimum atomic E-state index is -0.774. The summed E-state index contributed by atoms with van der Waals surface area (Å²) in [5.41, 5.74) is 0.396. The summed E-state index contributed by atoms with van der Waals surface area (Å²) in [4.78, 5) is 34.6. The Bertz CT molecular complexity index is 597. The molecular formula is C16H19ClN2O4. The first-order valence-electron chi connectivity index (χ1n) is 7.51. The number of carbonyl (C=O) groups excluding carboxylic acids is 2. The zero-order valence-corrected chi connectivity index (χ0v) is 13.3. The first kappa shape index (κ1) is 17.3. The van der Waals surface area contributed by atoms with Crippen LogP contribution >= 0.6 is 11.6 Å². The lowest BCUT2D eigenvalue weighted by atomic mass is 9.86. The van der Waals surface area contributed by atoms with E-state index in [1.807, 2.05) is 0 Å². The highest BCUT2D eigenvalue weighted by Crippen LogP contribution is 2.24. The number of amides is 2. The summed E-state index contributed by atoms with van der Waals surface area (Å²) in [5.74, 6) is -1.73. The topological polar surface area (TPSA) is 95.5 Å². The van der Waals surface area contributed by atoms with Crippen LogP contribution < -0.4 is 10.6 Å². The average Bonchev–Trinajstić information content (AvgIpc) is 2.53. The molecule has 23 heavy (non-hydrogen) atoms. The molecule has 2 amide bonds. The maximum atomic E-state index is 11.9. The zero-order valence-electron chi connectivity index (χ0n) is 12.5. The van der Waals surface area contributed by atoms with E-state index in [-0.39, 0.29) is 30.3 Å². The fourth-order valence-corrected chi connectivity index (χ4v) is 2.85. The third-order valence-corrected chi connectivity index (χ3v) is 4.17. The van der Waals surface area contributed by atoms with Crippen LogP contribution in [0, 0.1) is 5.92 Å². The second kappa shape index (κ2) is 7.97. The fourth-order valence-electron chi connectivity index (χ4n) is 2.66. The summed E-state index contributed by atoms with van der Waals surface area (Å²) in [6.45, 7) is -0.121. The van der Waals surface area contributed by atoms with E-state index in [1.165, 1.54) is 6.07 Å². The molecule has 1 aromatic rings. The Morgan fingerprint density at radius 3 is 2.48 bits per heavy atom. The van der Waals surface area contributed by atoms with Crippen LogP contribution in [-0.4, -0.2) is 35.5 Å². The minimum Gasteiger partial charge on any atom is -0.481 e. The SMILES string of the molecule is O=C(CNC(=O)c1cccc(Cl)c1)NC1CCC(C(=O)O)CC1. The zero-order chi connectivity index (χ0) is 16.8. The monoisotopic (exact) mass is 338 g/mol. The van der Waals surface area contributed by atoms with Gasteiger partial charge in [0.25, 0.3) is 5.91 Å². The number of aliphatic carboxylic acids is 1. The average molecular weight is 339 g/mol. The van der Waals surface area contributed by atoms with E-state index in [4.69, 9.17) is 16.7 Å². The summed E-state index contributed by atoms with van der Waals surface area (Å²) in [7, 11) is 0. The third kappa shape index (κ3) is 5.25. The number of hydrogen-bond donors (Lipinski definition) is 3. The molecule has 0 heterocycles. The highest BCUT2D eigenvalue weighted by Gasteiger charge is 2.26. The third-order valence-electron chi connectivity index (χ3n) is 3.94. The molecule has 2 rings (SSSR count). The summed E-state index contributed by atoms with van der Waals surface area (Å²) in [6, 6.07) is 6.45. The number of carboxylic acid groups (broad SMARTS) is 1. The van der Waals surface area contributed by atoms with Gasteiger partial charge in [-0.1, -0.05) is 17.7 Å². The molecule has 0 bridgehead atoms. The highest BCUT2D eigenvalue weighted by atomic mass is 35.5. The maximum absolute atomic E-state index is 11.9. The summed E-state index contributed by atoms with van der Waals surface area (Å²) < 4.78 is 0. The van der Waals surface area contributed by atoms with Crippen LogP contribution in [0.1, 0.15) is 36.0 Å². The summed E-state index contributed by atoms with van der Waals surface area (Å²) >= 11 is 5.81. The van der Waals surface area contributed by atoms with Gasteiger partial charge in [-0.2, -0.15) is 0 Å². The number of hydrogen-bond acceptors (Lipinski definition) is 3. The van der Waals surface area contributed by atoms with Crippen molar-refractivity contribution in [3.63, 3.8) is 0 Å². The van der Waals surface area contributed by atoms with Crippen molar-refractivity contribution in [1.82, 2.24) is 10.6 Å². The van der Waals surface area contributed by atoms with Gasteiger partial charge in [-0.3, -0.25) is 14.4 Å². The molecular weight excluding hydrogens is 320 g/mol. The molecule has 0 aromatic heterocycles. The Morgan fingerprint density at radius 1 is 1.17 bits per heavy atom. The van der Waals surface area contributed by atoms with Crippen LogP contribution in [0.3, 0.4) is 0 Å². The van der Waals surface area contributed by atoms with E-state index in [1.54, 1.807) is 18.2 Å². The van der Waals surface area contributed by atoms with Crippen molar-refractivity contribution in [2.45, 2.75) is 31.7 Å². The predicted octanol–water partition coefficient (Wildman–Crippen LogP) is 1.83. The highest BCUT2D eigenvalue weighted by molar-refractivity contribution is 6.30. The first-order valence-corrected chi connectivity index (χ1v) is 7.89. The van der Waals surface area contributed by atoms with Crippen molar-refractivity contribution < 1.29 is 19.5 Å². The lowest BCUT2D eigenvalue weighted by Crippen LogP contribution is -2.43. The molecule has 0 aliphatic heterocycles. The van der Waals surface area contributed by atoms with Crippen molar-refractivity contribution in [2.24, 2.45) is 5.92 Å². The van der Waals surface area contributed by atoms with Gasteiger partial charge in [-0.15, -0.1) is 0 Å². The summed E-state index contributed by atoms with van der Waals surface area (Å²) in [6.07, 6.45) is 2.42. The Morgan fingerprint density at radius 2 is 1.87 bits per heavy atom. The molecule has 7 heteroatoms. The maximum Gasteiger partial charge on any atom is 0.306 e. The molecule has 6 nitrogen and oxygen atoms in total. The molecule has 1 aromatic carbocycles. The Kier molecular flexibility index (Phi) is 5.98. The molecule has 1 aliphatic carbocycles. The van der Waals surface area contributed by atoms with Gasteiger partial charge in [-0.05, 0) is 43.9 Å². The van der Waals surface area contributed by atoms with Crippen LogP contribution in [0.25, 0.3) is 0 Å². The van der Waals surface area contributed by atoms with Crippen molar-refractivity contribution in [3.05, 3.63) is 34.9 Å². The smallest absolute Gasteiger partial charge is 0.306 e. The number of nitrogens with one attached hydrogen (secondary N) is 2. The number of carbonyl (C=O) groups is 3. The van der Waals surface area contributed by atoms with Gasteiger partial charge in [0, 0.05) is 16.6 Å². The van der Waals surface area contributed by atoms with Gasteiger partial charge in [-0.25, -0.2) is 0 Å². The van der Waals surface area contributed by atoms with Crippen molar-refractivity contribution >= 4 is 29.4 Å². The van der Waals surface area contributed by atoms with E-state index < -0.39 is 5.97 Å². The van der Waals surface area contributed by atoms with Crippen LogP contribution in [0.2, 0.25) is 5.02 Å². The molecule has 0 saturated heterocycles. The van der Waals surface area contributed by atoms with Crippen LogP contribution in [-0.2, 0) is 9.59 Å². The van der Waals surface area contributed by atoms with Crippen molar-refractivity contribution in [2.75, 3.05) is 6.54 Å². The number of halogens is 1. The second-order valence-corrected chi connectivity index (χ2v) is 6.08. The molecule has 1 fully saturated rings. The summed E-state index contributed by atoms with van der Waals surface area (Å²) in [5, 5.41) is 14.8. The fraction of sp³-hybridized carbons (Fsp3) is 0.438. The van der Waals surface area contributed by atoms with Crippen LogP contribution in [0.4, 0.5) is 0 Å². The normalized spacial score (nSPS) is 20.6. The molecule has 1 aliphatic rings. The van der Waals surface area contributed by atoms with E-state index in [0.29, 0.717) is 36.3 Å². The minimum absolute atomic E-state index is 0.0267. The van der Waals surface area contributed by atoms with E-state index in [0.717, 1.165) is 0 Å². The molecule has 3 N–H and O–H groups in total. The number of carboxylic acids is 1. The van der Waals surface area contributed by atoms with Crippen LogP contribution in [0.15, 0.2) is 24.3 Å². The van der Waals surface area contributed by atoms with Gasteiger partial charge in [0.1, 0.15) is 0 Å². The van der Waals surface area contributed by atoms with Gasteiger partial charge in [0.15, 0.2) is 0 Å². The lowest BCUT2D eigenvalue weighted by Gasteiger charge is -2.26. The van der Waals surface area contributed by atoms with E-state index in [2.05, 4.69) is 10.6 Å². The Balaban J connectivity index is 1.73. The molecule has 1 saturated carbocycles. The lowest BCUT2D eigenvalue weighted by molar-refractivity contribution is -0.142. The molecule has 0 radical (unpaired) electrons. The van der Waals surface area contributed by atoms with Gasteiger partial charge < -0.3 is 15.7 Å². The molecule has 124 valence electrons. The van der Waals surface area contributed by atoms with Crippen LogP contribution in [0.5, 0.6) is 0 Å². The second-order valence-electron chi connectivity index (χ2n) is 5.65. The first-order chi connectivity index (χ1) is 11.0.